The molecule has 0 unspecified atom stereocenters. The summed E-state index contributed by atoms with van der Waals surface area (Å²) >= 11 is 6.04. The van der Waals surface area contributed by atoms with Crippen LogP contribution >= 0.6 is 11.6 Å². The van der Waals surface area contributed by atoms with Gasteiger partial charge in [0.2, 0.25) is 5.89 Å². The van der Waals surface area contributed by atoms with E-state index in [2.05, 4.69) is 4.98 Å². The van der Waals surface area contributed by atoms with E-state index >= 15 is 0 Å². The summed E-state index contributed by atoms with van der Waals surface area (Å²) < 4.78 is 10.8. The number of nitrogens with zero attached hydrogens (tertiary/aromatic N) is 1. The molecule has 3 rings (SSSR count). The molecule has 0 bridgehead atoms. The van der Waals surface area contributed by atoms with Crippen molar-refractivity contribution in [1.29, 1.82) is 0 Å². The Kier molecular flexibility index (Phi) is 4.44. The Morgan fingerprint density at radius 3 is 2.57 bits per heavy atom. The zero-order chi connectivity index (χ0) is 16.2. The first-order chi connectivity index (χ1) is 11.1. The molecule has 0 N–H and O–H groups in total. The number of oxazole rings is 1. The van der Waals surface area contributed by atoms with Crippen molar-refractivity contribution < 1.29 is 13.9 Å². The summed E-state index contributed by atoms with van der Waals surface area (Å²) in [6.45, 7) is 1.77. The van der Waals surface area contributed by atoms with Crippen LogP contribution in [0.4, 0.5) is 0 Å². The number of ether oxygens (including phenoxy) is 1. The second-order valence-corrected chi connectivity index (χ2v) is 5.36. The van der Waals surface area contributed by atoms with E-state index in [1.54, 1.807) is 19.1 Å². The van der Waals surface area contributed by atoms with Crippen LogP contribution in [0, 0.1) is 6.92 Å². The van der Waals surface area contributed by atoms with E-state index in [1.165, 1.54) is 0 Å². The number of hydrogen-bond acceptors (Lipinski definition) is 4. The zero-order valence-electron chi connectivity index (χ0n) is 12.5. The minimum absolute atomic E-state index is 0.0888. The molecule has 3 aromatic rings. The third-order valence-electron chi connectivity index (χ3n) is 3.33. The number of halogens is 1. The van der Waals surface area contributed by atoms with Crippen molar-refractivity contribution in [1.82, 2.24) is 4.98 Å². The number of esters is 1. The molecule has 0 radical (unpaired) electrons. The Bertz CT molecular complexity index is 827. The highest BCUT2D eigenvalue weighted by atomic mass is 35.5. The lowest BCUT2D eigenvalue weighted by Gasteiger charge is -2.04. The van der Waals surface area contributed by atoms with Crippen LogP contribution in [0.5, 0.6) is 0 Å². The fourth-order valence-corrected chi connectivity index (χ4v) is 2.31. The van der Waals surface area contributed by atoms with E-state index in [4.69, 9.17) is 20.8 Å². The third-order valence-corrected chi connectivity index (χ3v) is 3.70. The minimum atomic E-state index is -0.534. The molecule has 0 aliphatic heterocycles. The van der Waals surface area contributed by atoms with Gasteiger partial charge in [0.1, 0.15) is 12.4 Å². The molecule has 0 fully saturated rings. The molecule has 0 spiro atoms. The standard InChI is InChI=1S/C18H14ClNO3/c1-12-16(20-17(23-12)13-7-3-2-4-8-13)18(21)22-11-14-9-5-6-10-15(14)19/h2-10H,11H2,1H3. The Labute approximate surface area is 138 Å². The molecule has 0 aliphatic rings. The van der Waals surface area contributed by atoms with Crippen molar-refractivity contribution in [3.05, 3.63) is 76.6 Å². The van der Waals surface area contributed by atoms with Gasteiger partial charge in [0.15, 0.2) is 5.69 Å². The average molecular weight is 328 g/mol. The Morgan fingerprint density at radius 2 is 1.83 bits per heavy atom. The van der Waals surface area contributed by atoms with Crippen LogP contribution in [0.25, 0.3) is 11.5 Å². The lowest BCUT2D eigenvalue weighted by atomic mass is 10.2. The summed E-state index contributed by atoms with van der Waals surface area (Å²) in [6.07, 6.45) is 0. The Morgan fingerprint density at radius 1 is 1.13 bits per heavy atom. The van der Waals surface area contributed by atoms with E-state index < -0.39 is 5.97 Å². The summed E-state index contributed by atoms with van der Waals surface area (Å²) in [5.41, 5.74) is 1.73. The van der Waals surface area contributed by atoms with Gasteiger partial charge in [-0.25, -0.2) is 9.78 Å². The van der Waals surface area contributed by atoms with Crippen LogP contribution in [-0.4, -0.2) is 11.0 Å². The van der Waals surface area contributed by atoms with Gasteiger partial charge in [-0.05, 0) is 25.1 Å². The predicted molar refractivity (Wildman–Crippen MR) is 87.2 cm³/mol. The summed E-state index contributed by atoms with van der Waals surface area (Å²) in [6, 6.07) is 16.6. The summed E-state index contributed by atoms with van der Waals surface area (Å²) in [7, 11) is 0. The lowest BCUT2D eigenvalue weighted by Crippen LogP contribution is -2.07. The summed E-state index contributed by atoms with van der Waals surface area (Å²) in [5, 5.41) is 0.558. The van der Waals surface area contributed by atoms with Gasteiger partial charge in [-0.1, -0.05) is 48.0 Å². The fourth-order valence-electron chi connectivity index (χ4n) is 2.12. The Balaban J connectivity index is 1.75. The molecule has 23 heavy (non-hydrogen) atoms. The molecular formula is C18H14ClNO3. The molecule has 4 nitrogen and oxygen atoms in total. The van der Waals surface area contributed by atoms with E-state index in [9.17, 15) is 4.79 Å². The van der Waals surface area contributed by atoms with Gasteiger partial charge in [0.25, 0.3) is 0 Å². The van der Waals surface area contributed by atoms with Crippen LogP contribution < -0.4 is 0 Å². The maximum Gasteiger partial charge on any atom is 0.360 e. The molecule has 0 aliphatic carbocycles. The van der Waals surface area contributed by atoms with Crippen LogP contribution in [0.15, 0.2) is 59.0 Å². The molecular weight excluding hydrogens is 314 g/mol. The first-order valence-electron chi connectivity index (χ1n) is 7.08. The van der Waals surface area contributed by atoms with Gasteiger partial charge >= 0.3 is 5.97 Å². The molecule has 116 valence electrons. The average Bonchev–Trinajstić information content (AvgIpc) is 2.97. The number of carbonyl (C=O) groups excluding carboxylic acids is 1. The van der Waals surface area contributed by atoms with Crippen molar-refractivity contribution in [3.8, 4) is 11.5 Å². The van der Waals surface area contributed by atoms with E-state index in [0.29, 0.717) is 16.7 Å². The third kappa shape index (κ3) is 3.43. The van der Waals surface area contributed by atoms with Gasteiger partial charge in [-0.3, -0.25) is 0 Å². The maximum atomic E-state index is 12.2. The van der Waals surface area contributed by atoms with E-state index in [-0.39, 0.29) is 12.3 Å². The van der Waals surface area contributed by atoms with Crippen LogP contribution in [0.1, 0.15) is 21.8 Å². The number of aryl methyl sites for hydroxylation is 1. The highest BCUT2D eigenvalue weighted by Gasteiger charge is 2.19. The predicted octanol–water partition coefficient (Wildman–Crippen LogP) is 4.66. The van der Waals surface area contributed by atoms with Crippen LogP contribution in [0.3, 0.4) is 0 Å². The molecule has 0 saturated carbocycles. The molecule has 1 heterocycles. The molecule has 0 amide bonds. The molecule has 5 heteroatoms. The number of aromatic nitrogens is 1. The maximum absolute atomic E-state index is 12.2. The highest BCUT2D eigenvalue weighted by molar-refractivity contribution is 6.31. The van der Waals surface area contributed by atoms with Gasteiger partial charge in [0.05, 0.1) is 0 Å². The summed E-state index contributed by atoms with van der Waals surface area (Å²) in [5.74, 6) is 0.286. The minimum Gasteiger partial charge on any atom is -0.456 e. The molecule has 0 atom stereocenters. The Hall–Kier alpha value is -2.59. The normalized spacial score (nSPS) is 10.5. The SMILES string of the molecule is Cc1oc(-c2ccccc2)nc1C(=O)OCc1ccccc1Cl. The topological polar surface area (TPSA) is 52.3 Å². The van der Waals surface area contributed by atoms with Crippen molar-refractivity contribution in [2.24, 2.45) is 0 Å². The molecule has 0 saturated heterocycles. The molecule has 1 aromatic heterocycles. The zero-order valence-corrected chi connectivity index (χ0v) is 13.2. The number of carbonyl (C=O) groups is 1. The van der Waals surface area contributed by atoms with E-state index in [1.807, 2.05) is 42.5 Å². The van der Waals surface area contributed by atoms with Gasteiger partial charge in [-0.15, -0.1) is 0 Å². The second kappa shape index (κ2) is 6.67. The highest BCUT2D eigenvalue weighted by Crippen LogP contribution is 2.22. The quantitative estimate of drug-likeness (QED) is 0.654. The lowest BCUT2D eigenvalue weighted by molar-refractivity contribution is 0.0464. The van der Waals surface area contributed by atoms with Crippen molar-refractivity contribution >= 4 is 17.6 Å². The van der Waals surface area contributed by atoms with Gasteiger partial charge in [0, 0.05) is 16.1 Å². The smallest absolute Gasteiger partial charge is 0.360 e. The van der Waals surface area contributed by atoms with E-state index in [0.717, 1.165) is 11.1 Å². The van der Waals surface area contributed by atoms with Crippen molar-refractivity contribution in [3.63, 3.8) is 0 Å². The van der Waals surface area contributed by atoms with Gasteiger partial charge < -0.3 is 9.15 Å². The number of rotatable bonds is 4. The number of benzene rings is 2. The first-order valence-corrected chi connectivity index (χ1v) is 7.46. The first kappa shape index (κ1) is 15.3. The summed E-state index contributed by atoms with van der Waals surface area (Å²) in [4.78, 5) is 16.4. The monoisotopic (exact) mass is 327 g/mol. The largest absolute Gasteiger partial charge is 0.456 e. The molecule has 2 aromatic carbocycles. The van der Waals surface area contributed by atoms with Crippen LogP contribution in [-0.2, 0) is 11.3 Å². The van der Waals surface area contributed by atoms with Crippen molar-refractivity contribution in [2.75, 3.05) is 0 Å². The van der Waals surface area contributed by atoms with Crippen molar-refractivity contribution in [2.45, 2.75) is 13.5 Å². The second-order valence-electron chi connectivity index (χ2n) is 4.96. The van der Waals surface area contributed by atoms with Gasteiger partial charge in [-0.2, -0.15) is 0 Å². The fraction of sp³-hybridized carbons (Fsp3) is 0.111. The number of hydrogen-bond donors (Lipinski definition) is 0. The van der Waals surface area contributed by atoms with Crippen LogP contribution in [0.2, 0.25) is 5.02 Å².